The van der Waals surface area contributed by atoms with Crippen molar-refractivity contribution >= 4 is 15.7 Å². The zero-order chi connectivity index (χ0) is 14.6. The number of anilines is 1. The molecule has 0 aliphatic rings. The fraction of sp³-hybridized carbons (Fsp3) is 0.455. The van der Waals surface area contributed by atoms with Gasteiger partial charge < -0.3 is 10.5 Å². The molecule has 0 saturated heterocycles. The van der Waals surface area contributed by atoms with Crippen molar-refractivity contribution in [1.82, 2.24) is 4.72 Å². The fourth-order valence-corrected chi connectivity index (χ4v) is 2.73. The van der Waals surface area contributed by atoms with Gasteiger partial charge in [-0.05, 0) is 26.0 Å². The van der Waals surface area contributed by atoms with Gasteiger partial charge in [0.05, 0.1) is 6.61 Å². The molecule has 0 amide bonds. The molecule has 1 atom stereocenters. The Labute approximate surface area is 110 Å². The lowest BCUT2D eigenvalue weighted by Gasteiger charge is -2.15. The molecule has 19 heavy (non-hydrogen) atoms. The summed E-state index contributed by atoms with van der Waals surface area (Å²) >= 11 is 0. The van der Waals surface area contributed by atoms with Crippen molar-refractivity contribution < 1.29 is 21.9 Å². The second kappa shape index (κ2) is 6.27. The molecule has 0 radical (unpaired) electrons. The number of nitrogens with one attached hydrogen (secondary N) is 1. The zero-order valence-electron chi connectivity index (χ0n) is 10.6. The van der Waals surface area contributed by atoms with Gasteiger partial charge in [-0.1, -0.05) is 0 Å². The normalized spacial score (nSPS) is 13.5. The van der Waals surface area contributed by atoms with E-state index < -0.39 is 38.3 Å². The van der Waals surface area contributed by atoms with Crippen molar-refractivity contribution in [2.75, 3.05) is 18.9 Å². The van der Waals surface area contributed by atoms with Crippen molar-refractivity contribution in [3.05, 3.63) is 23.8 Å². The first-order valence-corrected chi connectivity index (χ1v) is 7.11. The molecule has 108 valence electrons. The monoisotopic (exact) mass is 294 g/mol. The molecule has 0 heterocycles. The minimum atomic E-state index is -4.11. The van der Waals surface area contributed by atoms with Gasteiger partial charge in [-0.15, -0.1) is 0 Å². The van der Waals surface area contributed by atoms with Gasteiger partial charge in [0.15, 0.2) is 5.82 Å². The maximum atomic E-state index is 13.6. The van der Waals surface area contributed by atoms with Crippen LogP contribution in [0.4, 0.5) is 14.5 Å². The summed E-state index contributed by atoms with van der Waals surface area (Å²) in [6.45, 7) is 3.91. The molecule has 1 unspecified atom stereocenters. The minimum absolute atomic E-state index is 0.147. The molecular formula is C11H16F2N2O3S. The average Bonchev–Trinajstić information content (AvgIpc) is 2.32. The van der Waals surface area contributed by atoms with Gasteiger partial charge in [-0.2, -0.15) is 0 Å². The maximum Gasteiger partial charge on any atom is 0.243 e. The molecule has 0 bridgehead atoms. The van der Waals surface area contributed by atoms with Gasteiger partial charge in [0.2, 0.25) is 10.0 Å². The highest BCUT2D eigenvalue weighted by atomic mass is 32.2. The third-order valence-corrected chi connectivity index (χ3v) is 3.92. The summed E-state index contributed by atoms with van der Waals surface area (Å²) in [5.74, 6) is -2.30. The van der Waals surface area contributed by atoms with Crippen LogP contribution in [0.1, 0.15) is 13.8 Å². The van der Waals surface area contributed by atoms with E-state index in [2.05, 4.69) is 4.72 Å². The molecular weight excluding hydrogens is 278 g/mol. The van der Waals surface area contributed by atoms with Crippen LogP contribution in [0.3, 0.4) is 0 Å². The van der Waals surface area contributed by atoms with Gasteiger partial charge in [0.1, 0.15) is 16.4 Å². The van der Waals surface area contributed by atoms with Crippen LogP contribution < -0.4 is 10.5 Å². The van der Waals surface area contributed by atoms with Crippen LogP contribution in [-0.2, 0) is 14.8 Å². The Balaban J connectivity index is 2.98. The highest BCUT2D eigenvalue weighted by Crippen LogP contribution is 2.22. The SMILES string of the molecule is CCOCC(C)NS(=O)(=O)c1ccc(F)c(N)c1F. The summed E-state index contributed by atoms with van der Waals surface area (Å²) in [5, 5.41) is 0. The second-order valence-corrected chi connectivity index (χ2v) is 5.64. The van der Waals surface area contributed by atoms with E-state index in [0.717, 1.165) is 12.1 Å². The van der Waals surface area contributed by atoms with Crippen molar-refractivity contribution in [2.45, 2.75) is 24.8 Å². The molecule has 1 rings (SSSR count). The molecule has 0 aliphatic carbocycles. The largest absolute Gasteiger partial charge is 0.394 e. The van der Waals surface area contributed by atoms with E-state index in [4.69, 9.17) is 10.5 Å². The Kier molecular flexibility index (Phi) is 5.21. The van der Waals surface area contributed by atoms with Gasteiger partial charge in [-0.25, -0.2) is 21.9 Å². The van der Waals surface area contributed by atoms with Crippen LogP contribution in [-0.4, -0.2) is 27.7 Å². The van der Waals surface area contributed by atoms with Crippen LogP contribution in [0.15, 0.2) is 17.0 Å². The molecule has 8 heteroatoms. The van der Waals surface area contributed by atoms with E-state index in [1.165, 1.54) is 0 Å². The Hall–Kier alpha value is -1.25. The van der Waals surface area contributed by atoms with Gasteiger partial charge in [0.25, 0.3) is 0 Å². The number of sulfonamides is 1. The quantitative estimate of drug-likeness (QED) is 0.774. The number of hydrogen-bond acceptors (Lipinski definition) is 4. The number of nitrogen functional groups attached to an aromatic ring is 1. The molecule has 0 aliphatic heterocycles. The van der Waals surface area contributed by atoms with Crippen molar-refractivity contribution in [3.8, 4) is 0 Å². The van der Waals surface area contributed by atoms with E-state index in [9.17, 15) is 17.2 Å². The van der Waals surface area contributed by atoms with E-state index in [1.807, 2.05) is 0 Å². The third-order valence-electron chi connectivity index (χ3n) is 2.31. The van der Waals surface area contributed by atoms with Crippen molar-refractivity contribution in [3.63, 3.8) is 0 Å². The number of benzene rings is 1. The first-order valence-electron chi connectivity index (χ1n) is 5.63. The van der Waals surface area contributed by atoms with Crippen molar-refractivity contribution in [1.29, 1.82) is 0 Å². The molecule has 0 aromatic heterocycles. The molecule has 3 N–H and O–H groups in total. The van der Waals surface area contributed by atoms with Crippen LogP contribution in [0.2, 0.25) is 0 Å². The summed E-state index contributed by atoms with van der Waals surface area (Å²) in [6, 6.07) is 1.09. The highest BCUT2D eigenvalue weighted by Gasteiger charge is 2.24. The van der Waals surface area contributed by atoms with Gasteiger partial charge >= 0.3 is 0 Å². The predicted octanol–water partition coefficient (Wildman–Crippen LogP) is 1.25. The highest BCUT2D eigenvalue weighted by molar-refractivity contribution is 7.89. The Bertz CT molecular complexity index is 549. The molecule has 0 spiro atoms. The Morgan fingerprint density at radius 1 is 1.42 bits per heavy atom. The van der Waals surface area contributed by atoms with E-state index in [0.29, 0.717) is 6.61 Å². The van der Waals surface area contributed by atoms with Crippen LogP contribution >= 0.6 is 0 Å². The van der Waals surface area contributed by atoms with Crippen molar-refractivity contribution in [2.24, 2.45) is 0 Å². The lowest BCUT2D eigenvalue weighted by molar-refractivity contribution is 0.133. The lowest BCUT2D eigenvalue weighted by atomic mass is 10.3. The molecule has 0 saturated carbocycles. The fourth-order valence-electron chi connectivity index (χ4n) is 1.41. The number of ether oxygens (including phenoxy) is 1. The van der Waals surface area contributed by atoms with E-state index in [-0.39, 0.29) is 6.61 Å². The van der Waals surface area contributed by atoms with E-state index in [1.54, 1.807) is 13.8 Å². The first-order chi connectivity index (χ1) is 8.79. The van der Waals surface area contributed by atoms with Crippen LogP contribution in [0, 0.1) is 11.6 Å². The lowest BCUT2D eigenvalue weighted by Crippen LogP contribution is -2.36. The summed E-state index contributed by atoms with van der Waals surface area (Å²) in [5.41, 5.74) is 4.30. The van der Waals surface area contributed by atoms with Gasteiger partial charge in [0, 0.05) is 12.6 Å². The van der Waals surface area contributed by atoms with E-state index >= 15 is 0 Å². The topological polar surface area (TPSA) is 81.4 Å². The molecule has 0 fully saturated rings. The summed E-state index contributed by atoms with van der Waals surface area (Å²) in [7, 11) is -4.11. The average molecular weight is 294 g/mol. The molecule has 1 aromatic carbocycles. The standard InChI is InChI=1S/C11H16F2N2O3S/c1-3-18-6-7(2)15-19(16,17)9-5-4-8(12)11(14)10(9)13/h4-5,7,15H,3,6,14H2,1-2H3. The van der Waals surface area contributed by atoms with Gasteiger partial charge in [-0.3, -0.25) is 0 Å². The first kappa shape index (κ1) is 15.8. The minimum Gasteiger partial charge on any atom is -0.394 e. The zero-order valence-corrected chi connectivity index (χ0v) is 11.4. The number of hydrogen-bond donors (Lipinski definition) is 2. The Morgan fingerprint density at radius 3 is 2.63 bits per heavy atom. The van der Waals surface area contributed by atoms with Crippen LogP contribution in [0.5, 0.6) is 0 Å². The Morgan fingerprint density at radius 2 is 2.05 bits per heavy atom. The number of rotatable bonds is 6. The summed E-state index contributed by atoms with van der Waals surface area (Å²) in [6.07, 6.45) is 0. The second-order valence-electron chi connectivity index (χ2n) is 3.95. The number of halogens is 2. The molecule has 1 aromatic rings. The summed E-state index contributed by atoms with van der Waals surface area (Å²) in [4.78, 5) is -0.685. The molecule has 5 nitrogen and oxygen atoms in total. The number of nitrogens with two attached hydrogens (primary N) is 1. The van der Waals surface area contributed by atoms with Crippen LogP contribution in [0.25, 0.3) is 0 Å². The summed E-state index contributed by atoms with van der Waals surface area (Å²) < 4.78 is 57.7. The predicted molar refractivity (Wildman–Crippen MR) is 67.0 cm³/mol. The third kappa shape index (κ3) is 3.85. The smallest absolute Gasteiger partial charge is 0.243 e. The maximum absolute atomic E-state index is 13.6.